The third-order valence-corrected chi connectivity index (χ3v) is 2.40. The van der Waals surface area contributed by atoms with Gasteiger partial charge in [-0.2, -0.15) is 0 Å². The summed E-state index contributed by atoms with van der Waals surface area (Å²) in [5.74, 6) is 0.768. The molecule has 1 heterocycles. The van der Waals surface area contributed by atoms with Crippen molar-refractivity contribution in [3.63, 3.8) is 0 Å². The summed E-state index contributed by atoms with van der Waals surface area (Å²) in [6.07, 6.45) is 4.83. The Balaban J connectivity index is 2.46. The first-order valence-electron chi connectivity index (χ1n) is 6.26. The van der Waals surface area contributed by atoms with Crippen LogP contribution in [0.4, 0.5) is 5.82 Å². The van der Waals surface area contributed by atoms with Gasteiger partial charge in [0.2, 0.25) is 0 Å². The van der Waals surface area contributed by atoms with E-state index in [1.165, 1.54) is 0 Å². The van der Waals surface area contributed by atoms with Gasteiger partial charge < -0.3 is 10.6 Å². The van der Waals surface area contributed by atoms with Crippen LogP contribution >= 0.6 is 0 Å². The highest BCUT2D eigenvalue weighted by Gasteiger charge is 2.04. The number of carbonyl (C=O) groups is 1. The molecule has 0 bridgehead atoms. The second kappa shape index (κ2) is 7.65. The molecule has 4 nitrogen and oxygen atoms in total. The number of rotatable bonds is 7. The van der Waals surface area contributed by atoms with Crippen molar-refractivity contribution < 1.29 is 4.79 Å². The van der Waals surface area contributed by atoms with Crippen molar-refractivity contribution >= 4 is 11.7 Å². The number of carbonyl (C=O) groups excluding carboxylic acids is 1. The highest BCUT2D eigenvalue weighted by Crippen LogP contribution is 2.05. The highest BCUT2D eigenvalue weighted by atomic mass is 16.1. The molecule has 0 aromatic carbocycles. The molecule has 0 spiro atoms. The average molecular weight is 235 g/mol. The molecule has 0 aliphatic heterocycles. The maximum absolute atomic E-state index is 11.6. The SMILES string of the molecule is CCCCNc1ccc(C(=O)NCCC)cn1. The first-order chi connectivity index (χ1) is 8.27. The highest BCUT2D eigenvalue weighted by molar-refractivity contribution is 5.93. The molecule has 0 saturated carbocycles. The van der Waals surface area contributed by atoms with Gasteiger partial charge in [0.25, 0.3) is 5.91 Å². The second-order valence-electron chi connectivity index (χ2n) is 3.97. The summed E-state index contributed by atoms with van der Waals surface area (Å²) in [5.41, 5.74) is 0.611. The minimum Gasteiger partial charge on any atom is -0.370 e. The molecule has 1 aromatic rings. The van der Waals surface area contributed by atoms with E-state index in [4.69, 9.17) is 0 Å². The lowest BCUT2D eigenvalue weighted by Gasteiger charge is -2.06. The second-order valence-corrected chi connectivity index (χ2v) is 3.97. The number of unbranched alkanes of at least 4 members (excludes halogenated alkanes) is 1. The summed E-state index contributed by atoms with van der Waals surface area (Å²) in [6.45, 7) is 5.80. The number of hydrogen-bond donors (Lipinski definition) is 2. The Labute approximate surface area is 103 Å². The van der Waals surface area contributed by atoms with Gasteiger partial charge in [-0.1, -0.05) is 20.3 Å². The maximum Gasteiger partial charge on any atom is 0.252 e. The summed E-state index contributed by atoms with van der Waals surface area (Å²) in [5, 5.41) is 6.03. The minimum atomic E-state index is -0.0561. The van der Waals surface area contributed by atoms with Crippen molar-refractivity contribution in [3.05, 3.63) is 23.9 Å². The number of anilines is 1. The van der Waals surface area contributed by atoms with Crippen LogP contribution < -0.4 is 10.6 Å². The zero-order valence-corrected chi connectivity index (χ0v) is 10.6. The van der Waals surface area contributed by atoms with Crippen molar-refractivity contribution in [2.45, 2.75) is 33.1 Å². The fraction of sp³-hybridized carbons (Fsp3) is 0.538. The summed E-state index contributed by atoms with van der Waals surface area (Å²) in [4.78, 5) is 15.8. The van der Waals surface area contributed by atoms with Crippen molar-refractivity contribution in [2.75, 3.05) is 18.4 Å². The van der Waals surface area contributed by atoms with E-state index in [2.05, 4.69) is 22.5 Å². The largest absolute Gasteiger partial charge is 0.370 e. The normalized spacial score (nSPS) is 10.0. The monoisotopic (exact) mass is 235 g/mol. The van der Waals surface area contributed by atoms with Crippen LogP contribution in [0.3, 0.4) is 0 Å². The Kier molecular flexibility index (Phi) is 6.07. The molecule has 94 valence electrons. The Bertz CT molecular complexity index is 335. The molecule has 17 heavy (non-hydrogen) atoms. The van der Waals surface area contributed by atoms with Gasteiger partial charge >= 0.3 is 0 Å². The Morgan fingerprint density at radius 3 is 2.65 bits per heavy atom. The Morgan fingerprint density at radius 2 is 2.06 bits per heavy atom. The maximum atomic E-state index is 11.6. The van der Waals surface area contributed by atoms with Crippen molar-refractivity contribution in [3.8, 4) is 0 Å². The molecule has 1 aromatic heterocycles. The molecule has 2 N–H and O–H groups in total. The number of nitrogens with one attached hydrogen (secondary N) is 2. The predicted octanol–water partition coefficient (Wildman–Crippen LogP) is 2.43. The molecule has 0 aliphatic carbocycles. The van der Waals surface area contributed by atoms with E-state index in [-0.39, 0.29) is 5.91 Å². The van der Waals surface area contributed by atoms with Gasteiger partial charge in [0.05, 0.1) is 5.56 Å². The van der Waals surface area contributed by atoms with Gasteiger partial charge in [0.1, 0.15) is 5.82 Å². The van der Waals surface area contributed by atoms with E-state index in [9.17, 15) is 4.79 Å². The summed E-state index contributed by atoms with van der Waals surface area (Å²) in [6, 6.07) is 3.64. The van der Waals surface area contributed by atoms with E-state index in [0.717, 1.165) is 31.6 Å². The van der Waals surface area contributed by atoms with Gasteiger partial charge in [-0.3, -0.25) is 4.79 Å². The zero-order valence-electron chi connectivity index (χ0n) is 10.6. The van der Waals surface area contributed by atoms with Gasteiger partial charge in [-0.25, -0.2) is 4.98 Å². The number of nitrogens with zero attached hydrogens (tertiary/aromatic N) is 1. The van der Waals surface area contributed by atoms with Crippen molar-refractivity contribution in [2.24, 2.45) is 0 Å². The van der Waals surface area contributed by atoms with Crippen LogP contribution in [-0.4, -0.2) is 24.0 Å². The first kappa shape index (κ1) is 13.5. The number of hydrogen-bond acceptors (Lipinski definition) is 3. The number of aromatic nitrogens is 1. The molecule has 0 fully saturated rings. The molecular formula is C13H21N3O. The fourth-order valence-corrected chi connectivity index (χ4v) is 1.37. The Morgan fingerprint density at radius 1 is 1.24 bits per heavy atom. The van der Waals surface area contributed by atoms with Crippen LogP contribution in [0.15, 0.2) is 18.3 Å². The van der Waals surface area contributed by atoms with Crippen LogP contribution in [0.2, 0.25) is 0 Å². The van der Waals surface area contributed by atoms with Crippen molar-refractivity contribution in [1.29, 1.82) is 0 Å². The smallest absolute Gasteiger partial charge is 0.252 e. The first-order valence-corrected chi connectivity index (χ1v) is 6.26. The van der Waals surface area contributed by atoms with E-state index in [0.29, 0.717) is 12.1 Å². The molecule has 0 aliphatic rings. The zero-order chi connectivity index (χ0) is 12.5. The molecule has 1 amide bonds. The lowest BCUT2D eigenvalue weighted by Crippen LogP contribution is -2.24. The predicted molar refractivity (Wildman–Crippen MR) is 70.3 cm³/mol. The topological polar surface area (TPSA) is 54.0 Å². The summed E-state index contributed by atoms with van der Waals surface area (Å²) < 4.78 is 0. The molecule has 0 unspecified atom stereocenters. The van der Waals surface area contributed by atoms with Gasteiger partial charge in [-0.15, -0.1) is 0 Å². The molecule has 4 heteroatoms. The van der Waals surface area contributed by atoms with Crippen LogP contribution in [0.5, 0.6) is 0 Å². The third kappa shape index (κ3) is 4.85. The van der Waals surface area contributed by atoms with E-state index < -0.39 is 0 Å². The molecule has 0 saturated heterocycles. The van der Waals surface area contributed by atoms with Crippen LogP contribution in [0.25, 0.3) is 0 Å². The standard InChI is InChI=1S/C13H21N3O/c1-3-5-9-14-12-7-6-11(10-16-12)13(17)15-8-4-2/h6-7,10H,3-5,8-9H2,1-2H3,(H,14,16)(H,15,17). The van der Waals surface area contributed by atoms with Gasteiger partial charge in [0, 0.05) is 19.3 Å². The van der Waals surface area contributed by atoms with Crippen LogP contribution in [-0.2, 0) is 0 Å². The lowest BCUT2D eigenvalue weighted by atomic mass is 10.2. The van der Waals surface area contributed by atoms with Gasteiger partial charge in [-0.05, 0) is 25.0 Å². The Hall–Kier alpha value is -1.58. The average Bonchev–Trinajstić information content (AvgIpc) is 2.37. The van der Waals surface area contributed by atoms with E-state index in [1.54, 1.807) is 12.3 Å². The molecule has 1 rings (SSSR count). The molecule has 0 radical (unpaired) electrons. The number of amides is 1. The molecular weight excluding hydrogens is 214 g/mol. The van der Waals surface area contributed by atoms with E-state index >= 15 is 0 Å². The third-order valence-electron chi connectivity index (χ3n) is 2.40. The minimum absolute atomic E-state index is 0.0561. The quantitative estimate of drug-likeness (QED) is 0.714. The van der Waals surface area contributed by atoms with Crippen molar-refractivity contribution in [1.82, 2.24) is 10.3 Å². The summed E-state index contributed by atoms with van der Waals surface area (Å²) in [7, 11) is 0. The van der Waals surface area contributed by atoms with Gasteiger partial charge in [0.15, 0.2) is 0 Å². The lowest BCUT2D eigenvalue weighted by molar-refractivity contribution is 0.0953. The summed E-state index contributed by atoms with van der Waals surface area (Å²) >= 11 is 0. The fourth-order valence-electron chi connectivity index (χ4n) is 1.37. The number of pyridine rings is 1. The van der Waals surface area contributed by atoms with Crippen LogP contribution in [0.1, 0.15) is 43.5 Å². The molecule has 0 atom stereocenters. The van der Waals surface area contributed by atoms with E-state index in [1.807, 2.05) is 13.0 Å². The van der Waals surface area contributed by atoms with Crippen LogP contribution in [0, 0.1) is 0 Å².